The minimum Gasteiger partial charge on any atom is -0.494 e. The standard InChI is InChI=1S/C11H10BrF3O2/c12-10-6-9(3-2-8(10)7-16)17-5-1-4-11(13,14)15/h2-3,6-7H,1,4-5H2. The first-order valence-corrected chi connectivity index (χ1v) is 5.66. The molecule has 6 heteroatoms. The molecule has 0 amide bonds. The van der Waals surface area contributed by atoms with Gasteiger partial charge in [-0.1, -0.05) is 0 Å². The molecule has 0 atom stereocenters. The maximum atomic E-state index is 11.8. The van der Waals surface area contributed by atoms with Crippen LogP contribution in [0, 0.1) is 0 Å². The van der Waals surface area contributed by atoms with Gasteiger partial charge in [0.25, 0.3) is 0 Å². The summed E-state index contributed by atoms with van der Waals surface area (Å²) in [5.74, 6) is 0.435. The molecule has 0 aliphatic carbocycles. The van der Waals surface area contributed by atoms with E-state index in [1.807, 2.05) is 0 Å². The van der Waals surface area contributed by atoms with E-state index < -0.39 is 12.6 Å². The van der Waals surface area contributed by atoms with Crippen LogP contribution >= 0.6 is 15.9 Å². The summed E-state index contributed by atoms with van der Waals surface area (Å²) < 4.78 is 41.2. The molecule has 0 bridgehead atoms. The van der Waals surface area contributed by atoms with Crippen LogP contribution in [0.15, 0.2) is 22.7 Å². The van der Waals surface area contributed by atoms with Crippen LogP contribution in [0.1, 0.15) is 23.2 Å². The number of carbonyl (C=O) groups excluding carboxylic acids is 1. The molecule has 1 rings (SSSR count). The van der Waals surface area contributed by atoms with Crippen molar-refractivity contribution < 1.29 is 22.7 Å². The fourth-order valence-electron chi connectivity index (χ4n) is 1.16. The zero-order chi connectivity index (χ0) is 12.9. The van der Waals surface area contributed by atoms with Gasteiger partial charge < -0.3 is 4.74 Å². The van der Waals surface area contributed by atoms with Crippen LogP contribution in [-0.4, -0.2) is 19.1 Å². The second-order valence-electron chi connectivity index (χ2n) is 3.37. The van der Waals surface area contributed by atoms with Gasteiger partial charge in [0.2, 0.25) is 0 Å². The largest absolute Gasteiger partial charge is 0.494 e. The molecule has 1 aromatic rings. The Morgan fingerprint density at radius 1 is 1.35 bits per heavy atom. The van der Waals surface area contributed by atoms with E-state index in [4.69, 9.17) is 4.74 Å². The second kappa shape index (κ2) is 6.05. The number of hydrogen-bond donors (Lipinski definition) is 0. The van der Waals surface area contributed by atoms with Crippen molar-refractivity contribution in [2.24, 2.45) is 0 Å². The molecule has 0 fully saturated rings. The lowest BCUT2D eigenvalue weighted by Gasteiger charge is -2.08. The Hall–Kier alpha value is -1.04. The van der Waals surface area contributed by atoms with Crippen molar-refractivity contribution in [3.05, 3.63) is 28.2 Å². The highest BCUT2D eigenvalue weighted by Gasteiger charge is 2.26. The van der Waals surface area contributed by atoms with Gasteiger partial charge in [-0.2, -0.15) is 13.2 Å². The van der Waals surface area contributed by atoms with Crippen LogP contribution in [0.5, 0.6) is 5.75 Å². The molecule has 0 heterocycles. The smallest absolute Gasteiger partial charge is 0.389 e. The third kappa shape index (κ3) is 5.21. The molecule has 0 aromatic heterocycles. The van der Waals surface area contributed by atoms with Gasteiger partial charge in [-0.25, -0.2) is 0 Å². The van der Waals surface area contributed by atoms with Gasteiger partial charge in [-0.05, 0) is 40.5 Å². The molecule has 94 valence electrons. The van der Waals surface area contributed by atoms with E-state index in [-0.39, 0.29) is 13.0 Å². The van der Waals surface area contributed by atoms with Gasteiger partial charge in [0.05, 0.1) is 6.61 Å². The molecule has 0 N–H and O–H groups in total. The van der Waals surface area contributed by atoms with Crippen molar-refractivity contribution >= 4 is 22.2 Å². The van der Waals surface area contributed by atoms with Crippen molar-refractivity contribution in [2.45, 2.75) is 19.0 Å². The first kappa shape index (κ1) is 14.0. The Labute approximate surface area is 105 Å². The number of halogens is 4. The topological polar surface area (TPSA) is 26.3 Å². The number of hydrogen-bond acceptors (Lipinski definition) is 2. The molecule has 0 unspecified atom stereocenters. The lowest BCUT2D eigenvalue weighted by molar-refractivity contribution is -0.136. The quantitative estimate of drug-likeness (QED) is 0.607. The summed E-state index contributed by atoms with van der Waals surface area (Å²) >= 11 is 3.16. The van der Waals surface area contributed by atoms with E-state index in [9.17, 15) is 18.0 Å². The lowest BCUT2D eigenvalue weighted by Crippen LogP contribution is -2.09. The summed E-state index contributed by atoms with van der Waals surface area (Å²) in [4.78, 5) is 10.5. The number of ether oxygens (including phenoxy) is 1. The first-order valence-electron chi connectivity index (χ1n) is 4.86. The van der Waals surface area contributed by atoms with Crippen LogP contribution in [-0.2, 0) is 0 Å². The number of carbonyl (C=O) groups is 1. The Morgan fingerprint density at radius 2 is 2.06 bits per heavy atom. The fourth-order valence-corrected chi connectivity index (χ4v) is 1.61. The number of alkyl halides is 3. The highest BCUT2D eigenvalue weighted by Crippen LogP contribution is 2.24. The van der Waals surface area contributed by atoms with Gasteiger partial charge in [0, 0.05) is 16.5 Å². The van der Waals surface area contributed by atoms with Crippen molar-refractivity contribution in [1.82, 2.24) is 0 Å². The van der Waals surface area contributed by atoms with E-state index in [1.54, 1.807) is 12.1 Å². The highest BCUT2D eigenvalue weighted by molar-refractivity contribution is 9.10. The van der Waals surface area contributed by atoms with Crippen LogP contribution in [0.4, 0.5) is 13.2 Å². The minimum absolute atomic E-state index is 0.00755. The van der Waals surface area contributed by atoms with Crippen molar-refractivity contribution in [3.63, 3.8) is 0 Å². The molecule has 0 aliphatic rings. The van der Waals surface area contributed by atoms with Crippen molar-refractivity contribution in [3.8, 4) is 5.75 Å². The summed E-state index contributed by atoms with van der Waals surface area (Å²) in [6, 6.07) is 4.63. The Morgan fingerprint density at radius 3 is 2.59 bits per heavy atom. The van der Waals surface area contributed by atoms with Gasteiger partial charge in [0.1, 0.15) is 5.75 Å². The average Bonchev–Trinajstić information content (AvgIpc) is 2.23. The number of rotatable bonds is 5. The fraction of sp³-hybridized carbons (Fsp3) is 0.364. The first-order chi connectivity index (χ1) is 7.92. The normalized spacial score (nSPS) is 11.3. The summed E-state index contributed by atoms with van der Waals surface area (Å²) in [6.07, 6.45) is -4.42. The molecular formula is C11H10BrF3O2. The van der Waals surface area contributed by atoms with Gasteiger partial charge in [-0.15, -0.1) is 0 Å². The van der Waals surface area contributed by atoms with Crippen LogP contribution in [0.25, 0.3) is 0 Å². The number of aldehydes is 1. The highest BCUT2D eigenvalue weighted by atomic mass is 79.9. The van der Waals surface area contributed by atoms with Gasteiger partial charge in [0.15, 0.2) is 6.29 Å². The van der Waals surface area contributed by atoms with Crippen LogP contribution < -0.4 is 4.74 Å². The van der Waals surface area contributed by atoms with Crippen molar-refractivity contribution in [2.75, 3.05) is 6.61 Å². The Kier molecular flexibility index (Phi) is 4.99. The molecule has 0 radical (unpaired) electrons. The Balaban J connectivity index is 2.42. The third-order valence-corrected chi connectivity index (χ3v) is 2.66. The van der Waals surface area contributed by atoms with E-state index in [2.05, 4.69) is 15.9 Å². The van der Waals surface area contributed by atoms with Gasteiger partial charge >= 0.3 is 6.18 Å². The molecule has 0 saturated carbocycles. The van der Waals surface area contributed by atoms with Crippen LogP contribution in [0.3, 0.4) is 0 Å². The monoisotopic (exact) mass is 310 g/mol. The molecular weight excluding hydrogens is 301 g/mol. The predicted octanol–water partition coefficient (Wildman–Crippen LogP) is 3.98. The SMILES string of the molecule is O=Cc1ccc(OCCCC(F)(F)F)cc1Br. The predicted molar refractivity (Wildman–Crippen MR) is 60.3 cm³/mol. The zero-order valence-corrected chi connectivity index (χ0v) is 10.3. The summed E-state index contributed by atoms with van der Waals surface area (Å²) in [6.45, 7) is -0.00755. The molecule has 0 spiro atoms. The lowest BCUT2D eigenvalue weighted by atomic mass is 10.2. The maximum absolute atomic E-state index is 11.8. The maximum Gasteiger partial charge on any atom is 0.389 e. The second-order valence-corrected chi connectivity index (χ2v) is 4.22. The summed E-state index contributed by atoms with van der Waals surface area (Å²) in [5, 5.41) is 0. The molecule has 2 nitrogen and oxygen atoms in total. The van der Waals surface area contributed by atoms with E-state index in [1.165, 1.54) is 6.07 Å². The molecule has 0 saturated heterocycles. The average molecular weight is 311 g/mol. The van der Waals surface area contributed by atoms with Gasteiger partial charge in [-0.3, -0.25) is 4.79 Å². The minimum atomic E-state index is -4.15. The van der Waals surface area contributed by atoms with E-state index in [0.717, 1.165) is 0 Å². The molecule has 17 heavy (non-hydrogen) atoms. The summed E-state index contributed by atoms with van der Waals surface area (Å²) in [5.41, 5.74) is 0.465. The third-order valence-electron chi connectivity index (χ3n) is 1.97. The van der Waals surface area contributed by atoms with E-state index >= 15 is 0 Å². The zero-order valence-electron chi connectivity index (χ0n) is 8.76. The van der Waals surface area contributed by atoms with Crippen LogP contribution in [0.2, 0.25) is 0 Å². The van der Waals surface area contributed by atoms with E-state index in [0.29, 0.717) is 22.1 Å². The van der Waals surface area contributed by atoms with Crippen molar-refractivity contribution in [1.29, 1.82) is 0 Å². The number of benzene rings is 1. The molecule has 0 aliphatic heterocycles. The summed E-state index contributed by atoms with van der Waals surface area (Å²) in [7, 11) is 0. The Bertz CT molecular complexity index is 391. The molecule has 1 aromatic carbocycles.